The van der Waals surface area contributed by atoms with Gasteiger partial charge in [-0.15, -0.1) is 12.4 Å². The van der Waals surface area contributed by atoms with Gasteiger partial charge in [0, 0.05) is 13.1 Å². The molecule has 2 nitrogen and oxygen atoms in total. The van der Waals surface area contributed by atoms with Crippen LogP contribution < -0.4 is 5.73 Å². The monoisotopic (exact) mass is 268 g/mol. The van der Waals surface area contributed by atoms with E-state index < -0.39 is 0 Å². The molecule has 102 valence electrons. The van der Waals surface area contributed by atoms with Gasteiger partial charge in [-0.2, -0.15) is 0 Å². The third-order valence-electron chi connectivity index (χ3n) is 3.82. The molecule has 1 heterocycles. The van der Waals surface area contributed by atoms with Crippen molar-refractivity contribution in [3.63, 3.8) is 0 Å². The summed E-state index contributed by atoms with van der Waals surface area (Å²) in [7, 11) is 0. The zero-order valence-electron chi connectivity index (χ0n) is 11.7. The number of likely N-dealkylation sites (tertiary alicyclic amines) is 1. The van der Waals surface area contributed by atoms with Crippen LogP contribution in [0.5, 0.6) is 0 Å². The maximum absolute atomic E-state index is 5.85. The number of halogens is 1. The van der Waals surface area contributed by atoms with Crippen LogP contribution in [0.4, 0.5) is 0 Å². The van der Waals surface area contributed by atoms with Crippen molar-refractivity contribution in [2.45, 2.75) is 33.7 Å². The first-order valence-corrected chi connectivity index (χ1v) is 6.50. The molecule has 0 radical (unpaired) electrons. The first kappa shape index (κ1) is 15.5. The molecule has 1 unspecified atom stereocenters. The van der Waals surface area contributed by atoms with Crippen molar-refractivity contribution in [3.8, 4) is 0 Å². The normalized spacial score (nSPS) is 24.0. The van der Waals surface area contributed by atoms with E-state index in [-0.39, 0.29) is 12.4 Å². The summed E-state index contributed by atoms with van der Waals surface area (Å²) in [4.78, 5) is 2.53. The lowest BCUT2D eigenvalue weighted by Crippen LogP contribution is -2.31. The van der Waals surface area contributed by atoms with Gasteiger partial charge in [-0.05, 0) is 44.3 Å². The molecule has 1 aromatic rings. The smallest absolute Gasteiger partial charge is 0.0234 e. The van der Waals surface area contributed by atoms with Gasteiger partial charge in [-0.1, -0.05) is 36.2 Å². The van der Waals surface area contributed by atoms with Gasteiger partial charge in [0.2, 0.25) is 0 Å². The van der Waals surface area contributed by atoms with Crippen LogP contribution in [0.1, 0.15) is 30.0 Å². The van der Waals surface area contributed by atoms with Crippen LogP contribution in [0.2, 0.25) is 0 Å². The molecule has 3 heteroatoms. The Bertz CT molecular complexity index is 385. The van der Waals surface area contributed by atoms with Crippen molar-refractivity contribution in [1.82, 2.24) is 4.90 Å². The summed E-state index contributed by atoms with van der Waals surface area (Å²) >= 11 is 0. The molecule has 0 bridgehead atoms. The molecule has 0 amide bonds. The maximum atomic E-state index is 5.85. The lowest BCUT2D eigenvalue weighted by molar-refractivity contribution is 0.274. The van der Waals surface area contributed by atoms with Crippen molar-refractivity contribution < 1.29 is 0 Å². The molecule has 1 fully saturated rings. The zero-order chi connectivity index (χ0) is 12.5. The number of hydrogen-bond donors (Lipinski definition) is 1. The molecule has 1 aliphatic heterocycles. The fraction of sp³-hybridized carbons (Fsp3) is 0.600. The Morgan fingerprint density at radius 3 is 2.33 bits per heavy atom. The molecule has 2 N–H and O–H groups in total. The Kier molecular flexibility index (Phi) is 5.20. The lowest BCUT2D eigenvalue weighted by Gasteiger charge is -2.22. The molecule has 1 aliphatic rings. The van der Waals surface area contributed by atoms with Crippen LogP contribution in [0, 0.1) is 19.3 Å². The topological polar surface area (TPSA) is 29.3 Å². The van der Waals surface area contributed by atoms with Crippen LogP contribution in [-0.2, 0) is 6.54 Å². The van der Waals surface area contributed by atoms with Crippen molar-refractivity contribution in [2.24, 2.45) is 11.1 Å². The Hall–Kier alpha value is -0.570. The summed E-state index contributed by atoms with van der Waals surface area (Å²) in [5, 5.41) is 0. The molecule has 18 heavy (non-hydrogen) atoms. The summed E-state index contributed by atoms with van der Waals surface area (Å²) in [6, 6.07) is 6.83. The van der Waals surface area contributed by atoms with Crippen molar-refractivity contribution in [3.05, 3.63) is 34.9 Å². The third kappa shape index (κ3) is 3.71. The fourth-order valence-corrected chi connectivity index (χ4v) is 2.85. The second kappa shape index (κ2) is 6.05. The second-order valence-corrected chi connectivity index (χ2v) is 5.97. The molecule has 0 saturated carbocycles. The highest BCUT2D eigenvalue weighted by Crippen LogP contribution is 2.29. The summed E-state index contributed by atoms with van der Waals surface area (Å²) < 4.78 is 0. The molecule has 0 aliphatic carbocycles. The average molecular weight is 269 g/mol. The van der Waals surface area contributed by atoms with E-state index in [0.29, 0.717) is 5.41 Å². The SMILES string of the molecule is Cc1cc(C)cc(CN2CCC(C)(CN)C2)c1.Cl. The van der Waals surface area contributed by atoms with E-state index >= 15 is 0 Å². The Balaban J connectivity index is 0.00000162. The number of benzene rings is 1. The predicted molar refractivity (Wildman–Crippen MR) is 80.2 cm³/mol. The van der Waals surface area contributed by atoms with Crippen LogP contribution in [0.15, 0.2) is 18.2 Å². The summed E-state index contributed by atoms with van der Waals surface area (Å²) in [5.41, 5.74) is 10.3. The standard InChI is InChI=1S/C15H24N2.ClH/c1-12-6-13(2)8-14(7-12)9-17-5-4-15(3,10-16)11-17;/h6-8H,4-5,9-11,16H2,1-3H3;1H. The third-order valence-corrected chi connectivity index (χ3v) is 3.82. The van der Waals surface area contributed by atoms with Crippen molar-refractivity contribution in [1.29, 1.82) is 0 Å². The highest BCUT2D eigenvalue weighted by molar-refractivity contribution is 5.85. The molecule has 1 atom stereocenters. The van der Waals surface area contributed by atoms with Gasteiger partial charge in [0.25, 0.3) is 0 Å². The molecular weight excluding hydrogens is 244 g/mol. The van der Waals surface area contributed by atoms with E-state index in [9.17, 15) is 0 Å². The fourth-order valence-electron chi connectivity index (χ4n) is 2.85. The first-order valence-electron chi connectivity index (χ1n) is 6.50. The minimum atomic E-state index is 0. The maximum Gasteiger partial charge on any atom is 0.0234 e. The van der Waals surface area contributed by atoms with Gasteiger partial charge in [0.1, 0.15) is 0 Å². The predicted octanol–water partition coefficient (Wildman–Crippen LogP) is 2.90. The molecule has 0 aromatic heterocycles. The Morgan fingerprint density at radius 1 is 1.22 bits per heavy atom. The zero-order valence-corrected chi connectivity index (χ0v) is 12.5. The quantitative estimate of drug-likeness (QED) is 0.913. The number of aryl methyl sites for hydroxylation is 2. The van der Waals surface area contributed by atoms with Gasteiger partial charge in [-0.25, -0.2) is 0 Å². The Morgan fingerprint density at radius 2 is 1.83 bits per heavy atom. The first-order chi connectivity index (χ1) is 8.00. The molecule has 1 saturated heterocycles. The van der Waals surface area contributed by atoms with Crippen LogP contribution in [0.3, 0.4) is 0 Å². The molecule has 0 spiro atoms. The van der Waals surface area contributed by atoms with Gasteiger partial charge >= 0.3 is 0 Å². The summed E-state index contributed by atoms with van der Waals surface area (Å²) in [6.45, 7) is 10.8. The Labute approximate surface area is 117 Å². The molecule has 2 rings (SSSR count). The van der Waals surface area contributed by atoms with Crippen LogP contribution >= 0.6 is 12.4 Å². The molecule has 1 aromatic carbocycles. The van der Waals surface area contributed by atoms with Crippen molar-refractivity contribution >= 4 is 12.4 Å². The minimum Gasteiger partial charge on any atom is -0.330 e. The highest BCUT2D eigenvalue weighted by atomic mass is 35.5. The van der Waals surface area contributed by atoms with Gasteiger partial charge in [-0.3, -0.25) is 4.90 Å². The number of hydrogen-bond acceptors (Lipinski definition) is 2. The van der Waals surface area contributed by atoms with E-state index in [4.69, 9.17) is 5.73 Å². The van der Waals surface area contributed by atoms with E-state index in [2.05, 4.69) is 43.9 Å². The largest absolute Gasteiger partial charge is 0.330 e. The number of rotatable bonds is 3. The average Bonchev–Trinajstić information content (AvgIpc) is 2.59. The molecular formula is C15H25ClN2. The van der Waals surface area contributed by atoms with Crippen LogP contribution in [-0.4, -0.2) is 24.5 Å². The summed E-state index contributed by atoms with van der Waals surface area (Å²) in [5.74, 6) is 0. The second-order valence-electron chi connectivity index (χ2n) is 5.97. The van der Waals surface area contributed by atoms with Crippen LogP contribution in [0.25, 0.3) is 0 Å². The van der Waals surface area contributed by atoms with Gasteiger partial charge in [0.05, 0.1) is 0 Å². The number of nitrogens with two attached hydrogens (primary N) is 1. The van der Waals surface area contributed by atoms with E-state index in [0.717, 1.165) is 19.6 Å². The van der Waals surface area contributed by atoms with Crippen molar-refractivity contribution in [2.75, 3.05) is 19.6 Å². The highest BCUT2D eigenvalue weighted by Gasteiger charge is 2.32. The van der Waals surface area contributed by atoms with E-state index in [1.54, 1.807) is 0 Å². The van der Waals surface area contributed by atoms with Gasteiger partial charge < -0.3 is 5.73 Å². The number of nitrogens with zero attached hydrogens (tertiary/aromatic N) is 1. The summed E-state index contributed by atoms with van der Waals surface area (Å²) in [6.07, 6.45) is 1.23. The lowest BCUT2D eigenvalue weighted by atomic mass is 9.90. The van der Waals surface area contributed by atoms with Gasteiger partial charge in [0.15, 0.2) is 0 Å². The minimum absolute atomic E-state index is 0. The van der Waals surface area contributed by atoms with E-state index in [1.807, 2.05) is 0 Å². The van der Waals surface area contributed by atoms with E-state index in [1.165, 1.54) is 29.7 Å².